The molecule has 0 radical (unpaired) electrons. The number of carboxylic acid groups (broad SMARTS) is 1. The van der Waals surface area contributed by atoms with Gasteiger partial charge in [0.2, 0.25) is 5.91 Å². The quantitative estimate of drug-likeness (QED) is 0.814. The van der Waals surface area contributed by atoms with Gasteiger partial charge in [-0.15, -0.1) is 11.3 Å². The van der Waals surface area contributed by atoms with Gasteiger partial charge in [-0.3, -0.25) is 9.59 Å². The van der Waals surface area contributed by atoms with Crippen LogP contribution >= 0.6 is 11.3 Å². The highest BCUT2D eigenvalue weighted by Gasteiger charge is 2.37. The molecule has 0 unspecified atom stereocenters. The summed E-state index contributed by atoms with van der Waals surface area (Å²) < 4.78 is 4.87. The predicted octanol–water partition coefficient (Wildman–Crippen LogP) is 2.85. The van der Waals surface area contributed by atoms with Gasteiger partial charge < -0.3 is 15.2 Å². The maximum absolute atomic E-state index is 12.7. The number of hydrogen-bond donors (Lipinski definition) is 2. The molecule has 1 aromatic heterocycles. The molecule has 0 bridgehead atoms. The van der Waals surface area contributed by atoms with Crippen LogP contribution in [0.5, 0.6) is 0 Å². The maximum atomic E-state index is 12.7. The topological polar surface area (TPSA) is 92.7 Å². The molecule has 1 heterocycles. The van der Waals surface area contributed by atoms with Crippen LogP contribution in [0.2, 0.25) is 0 Å². The lowest BCUT2D eigenvalue weighted by Crippen LogP contribution is -2.36. The van der Waals surface area contributed by atoms with Crippen LogP contribution in [-0.2, 0) is 27.2 Å². The summed E-state index contributed by atoms with van der Waals surface area (Å²) in [6.07, 6.45) is 5.51. The number of carbonyl (C=O) groups is 3. The van der Waals surface area contributed by atoms with E-state index < -0.39 is 23.8 Å². The zero-order chi connectivity index (χ0) is 17.3. The number of fused-ring (bicyclic) bond motifs is 1. The second-order valence-electron chi connectivity index (χ2n) is 6.38. The van der Waals surface area contributed by atoms with E-state index in [0.717, 1.165) is 42.5 Å². The zero-order valence-electron chi connectivity index (χ0n) is 13.6. The molecule has 0 aromatic carbocycles. The fourth-order valence-electron chi connectivity index (χ4n) is 3.76. The molecule has 1 fully saturated rings. The van der Waals surface area contributed by atoms with Gasteiger partial charge in [0.05, 0.1) is 24.5 Å². The molecule has 24 heavy (non-hydrogen) atoms. The van der Waals surface area contributed by atoms with Crippen LogP contribution in [0.3, 0.4) is 0 Å². The molecular formula is C17H21NO5S. The Morgan fingerprint density at radius 1 is 1.12 bits per heavy atom. The van der Waals surface area contributed by atoms with Crippen LogP contribution in [0.25, 0.3) is 0 Å². The number of esters is 1. The van der Waals surface area contributed by atoms with Crippen LogP contribution in [0.15, 0.2) is 0 Å². The minimum Gasteiger partial charge on any atom is -0.481 e. The van der Waals surface area contributed by atoms with Crippen LogP contribution in [0, 0.1) is 11.8 Å². The Bertz CT molecular complexity index is 681. The Labute approximate surface area is 144 Å². The molecule has 6 nitrogen and oxygen atoms in total. The Balaban J connectivity index is 1.84. The summed E-state index contributed by atoms with van der Waals surface area (Å²) >= 11 is 1.41. The highest BCUT2D eigenvalue weighted by Crippen LogP contribution is 2.40. The van der Waals surface area contributed by atoms with E-state index in [1.165, 1.54) is 18.4 Å². The van der Waals surface area contributed by atoms with E-state index in [-0.39, 0.29) is 5.91 Å². The summed E-state index contributed by atoms with van der Waals surface area (Å²) in [5, 5.41) is 12.7. The summed E-state index contributed by atoms with van der Waals surface area (Å²) in [6, 6.07) is 0. The number of aliphatic carboxylic acids is 1. The molecule has 0 saturated heterocycles. The first-order valence-electron chi connectivity index (χ1n) is 8.29. The van der Waals surface area contributed by atoms with Crippen molar-refractivity contribution in [1.82, 2.24) is 0 Å². The van der Waals surface area contributed by atoms with Crippen molar-refractivity contribution in [3.05, 3.63) is 16.0 Å². The van der Waals surface area contributed by atoms with E-state index in [2.05, 4.69) is 5.32 Å². The van der Waals surface area contributed by atoms with Crippen molar-refractivity contribution in [3.8, 4) is 0 Å². The molecule has 2 N–H and O–H groups in total. The van der Waals surface area contributed by atoms with E-state index in [0.29, 0.717) is 23.4 Å². The van der Waals surface area contributed by atoms with Crippen molar-refractivity contribution in [3.63, 3.8) is 0 Å². The molecule has 1 aromatic rings. The molecule has 7 heteroatoms. The van der Waals surface area contributed by atoms with Gasteiger partial charge in [0.15, 0.2) is 0 Å². The predicted molar refractivity (Wildman–Crippen MR) is 89.4 cm³/mol. The molecule has 1 amide bonds. The third kappa shape index (κ3) is 3.05. The summed E-state index contributed by atoms with van der Waals surface area (Å²) in [7, 11) is 1.33. The maximum Gasteiger partial charge on any atom is 0.341 e. The number of thiophene rings is 1. The molecule has 2 aliphatic rings. The molecular weight excluding hydrogens is 330 g/mol. The molecule has 2 atom stereocenters. The van der Waals surface area contributed by atoms with Crippen molar-refractivity contribution in [2.75, 3.05) is 12.4 Å². The number of amides is 1. The average Bonchev–Trinajstić information content (AvgIpc) is 3.14. The van der Waals surface area contributed by atoms with Crippen LogP contribution in [0.1, 0.15) is 52.9 Å². The molecule has 2 aliphatic carbocycles. The second-order valence-corrected chi connectivity index (χ2v) is 7.48. The van der Waals surface area contributed by atoms with E-state index >= 15 is 0 Å². The highest BCUT2D eigenvalue weighted by atomic mass is 32.1. The third-order valence-electron chi connectivity index (χ3n) is 4.97. The highest BCUT2D eigenvalue weighted by molar-refractivity contribution is 7.17. The van der Waals surface area contributed by atoms with Gasteiger partial charge in [-0.05, 0) is 37.7 Å². The fourth-order valence-corrected chi connectivity index (χ4v) is 5.04. The van der Waals surface area contributed by atoms with E-state index in [1.54, 1.807) is 0 Å². The first-order chi connectivity index (χ1) is 11.5. The van der Waals surface area contributed by atoms with Crippen molar-refractivity contribution in [2.45, 2.75) is 44.9 Å². The lowest BCUT2D eigenvalue weighted by Gasteiger charge is -2.27. The van der Waals surface area contributed by atoms with E-state index in [9.17, 15) is 19.5 Å². The van der Waals surface area contributed by atoms with Gasteiger partial charge in [0.1, 0.15) is 5.00 Å². The number of hydrogen-bond acceptors (Lipinski definition) is 5. The SMILES string of the molecule is COC(=O)c1c(NC(=O)[C@H]2CCCC[C@@H]2C(=O)O)sc2c1CCC2. The van der Waals surface area contributed by atoms with Gasteiger partial charge in [-0.2, -0.15) is 0 Å². The monoisotopic (exact) mass is 351 g/mol. The largest absolute Gasteiger partial charge is 0.481 e. The Morgan fingerprint density at radius 3 is 2.50 bits per heavy atom. The number of ether oxygens (including phenoxy) is 1. The normalized spacial score (nSPS) is 22.7. The number of nitrogens with one attached hydrogen (secondary N) is 1. The van der Waals surface area contributed by atoms with Crippen LogP contribution < -0.4 is 5.32 Å². The van der Waals surface area contributed by atoms with Gasteiger partial charge >= 0.3 is 11.9 Å². The lowest BCUT2D eigenvalue weighted by molar-refractivity contribution is -0.147. The van der Waals surface area contributed by atoms with Crippen molar-refractivity contribution in [1.29, 1.82) is 0 Å². The van der Waals surface area contributed by atoms with E-state index in [1.807, 2.05) is 0 Å². The lowest BCUT2D eigenvalue weighted by atomic mass is 9.79. The number of carbonyl (C=O) groups excluding carboxylic acids is 2. The number of carboxylic acids is 1. The van der Waals surface area contributed by atoms with Gasteiger partial charge in [-0.25, -0.2) is 4.79 Å². The van der Waals surface area contributed by atoms with Crippen molar-refractivity contribution in [2.24, 2.45) is 11.8 Å². The Kier molecular flexibility index (Phi) is 4.89. The molecule has 0 aliphatic heterocycles. The summed E-state index contributed by atoms with van der Waals surface area (Å²) in [6.45, 7) is 0. The standard InChI is InChI=1S/C17H21NO5S/c1-23-17(22)13-11-7-4-8-12(11)24-15(13)18-14(19)9-5-2-3-6-10(9)16(20)21/h9-10H,2-8H2,1H3,(H,18,19)(H,20,21)/t9-,10-/m0/s1. The fraction of sp³-hybridized carbons (Fsp3) is 0.588. The smallest absolute Gasteiger partial charge is 0.341 e. The van der Waals surface area contributed by atoms with Crippen molar-refractivity contribution < 1.29 is 24.2 Å². The summed E-state index contributed by atoms with van der Waals surface area (Å²) in [5.41, 5.74) is 1.42. The van der Waals surface area contributed by atoms with E-state index in [4.69, 9.17) is 4.74 Å². The third-order valence-corrected chi connectivity index (χ3v) is 6.17. The summed E-state index contributed by atoms with van der Waals surface area (Å²) in [4.78, 5) is 37.3. The number of methoxy groups -OCH3 is 1. The van der Waals surface area contributed by atoms with Crippen LogP contribution in [0.4, 0.5) is 5.00 Å². The molecule has 130 valence electrons. The number of aryl methyl sites for hydroxylation is 1. The van der Waals surface area contributed by atoms with Crippen molar-refractivity contribution >= 4 is 34.2 Å². The Morgan fingerprint density at radius 2 is 1.83 bits per heavy atom. The van der Waals surface area contributed by atoms with Gasteiger partial charge in [-0.1, -0.05) is 12.8 Å². The minimum absolute atomic E-state index is 0.299. The summed E-state index contributed by atoms with van der Waals surface area (Å²) in [5.74, 6) is -2.85. The average molecular weight is 351 g/mol. The number of anilines is 1. The first-order valence-corrected chi connectivity index (χ1v) is 9.11. The number of rotatable bonds is 4. The first kappa shape index (κ1) is 17.0. The minimum atomic E-state index is -0.920. The van der Waals surface area contributed by atoms with Gasteiger partial charge in [0, 0.05) is 4.88 Å². The van der Waals surface area contributed by atoms with Crippen LogP contribution in [-0.4, -0.2) is 30.1 Å². The Hall–Kier alpha value is -1.89. The molecule has 3 rings (SSSR count). The zero-order valence-corrected chi connectivity index (χ0v) is 14.4. The van der Waals surface area contributed by atoms with Gasteiger partial charge in [0.25, 0.3) is 0 Å². The second kappa shape index (κ2) is 6.93. The molecule has 1 saturated carbocycles. The molecule has 0 spiro atoms.